The molecule has 178 valence electrons. The van der Waals surface area contributed by atoms with Crippen molar-refractivity contribution in [2.75, 3.05) is 27.4 Å². The zero-order valence-corrected chi connectivity index (χ0v) is 19.8. The van der Waals surface area contributed by atoms with Crippen LogP contribution >= 0.6 is 0 Å². The number of nitrogens with one attached hydrogen (secondary N) is 1. The van der Waals surface area contributed by atoms with Crippen molar-refractivity contribution in [1.29, 1.82) is 0 Å². The van der Waals surface area contributed by atoms with Gasteiger partial charge in [0.1, 0.15) is 12.3 Å². The second kappa shape index (κ2) is 9.86. The van der Waals surface area contributed by atoms with Crippen LogP contribution in [0.25, 0.3) is 16.6 Å². The third kappa shape index (κ3) is 4.54. The van der Waals surface area contributed by atoms with Crippen molar-refractivity contribution in [3.8, 4) is 17.2 Å². The Labute approximate surface area is 196 Å². The number of aryl methyl sites for hydroxylation is 1. The van der Waals surface area contributed by atoms with Gasteiger partial charge < -0.3 is 19.5 Å². The fraction of sp³-hybridized carbons (Fsp3) is 0.320. The van der Waals surface area contributed by atoms with Crippen molar-refractivity contribution in [1.82, 2.24) is 19.5 Å². The van der Waals surface area contributed by atoms with Crippen LogP contribution in [-0.2, 0) is 17.8 Å². The van der Waals surface area contributed by atoms with Gasteiger partial charge in [0.2, 0.25) is 5.91 Å². The van der Waals surface area contributed by atoms with Crippen molar-refractivity contribution >= 4 is 22.5 Å². The number of nitrogens with zero attached hydrogens (tertiary/aromatic N) is 3. The zero-order valence-electron chi connectivity index (χ0n) is 19.8. The fourth-order valence-electron chi connectivity index (χ4n) is 4.05. The van der Waals surface area contributed by atoms with Crippen LogP contribution in [0.5, 0.6) is 17.2 Å². The summed E-state index contributed by atoms with van der Waals surface area (Å²) in [6.45, 7) is 4.92. The van der Waals surface area contributed by atoms with E-state index < -0.39 is 0 Å². The van der Waals surface area contributed by atoms with E-state index >= 15 is 0 Å². The Hall–Kier alpha value is -4.01. The van der Waals surface area contributed by atoms with Crippen molar-refractivity contribution in [2.45, 2.75) is 26.8 Å². The van der Waals surface area contributed by atoms with Crippen LogP contribution in [0.15, 0.2) is 47.3 Å². The lowest BCUT2D eigenvalue weighted by atomic mass is 10.1. The quantitative estimate of drug-likeness (QED) is 0.409. The predicted octanol–water partition coefficient (Wildman–Crippen LogP) is 2.73. The van der Waals surface area contributed by atoms with Gasteiger partial charge in [0.05, 0.1) is 26.3 Å². The number of methoxy groups -OCH3 is 2. The third-order valence-electron chi connectivity index (χ3n) is 5.61. The van der Waals surface area contributed by atoms with Crippen LogP contribution in [0, 0.1) is 6.92 Å². The van der Waals surface area contributed by atoms with E-state index in [0.717, 1.165) is 11.3 Å². The number of aromatic nitrogens is 3. The van der Waals surface area contributed by atoms with Gasteiger partial charge in [0, 0.05) is 29.8 Å². The molecule has 2 heterocycles. The minimum absolute atomic E-state index is 0.0458. The highest BCUT2D eigenvalue weighted by atomic mass is 16.5. The molecule has 0 saturated heterocycles. The summed E-state index contributed by atoms with van der Waals surface area (Å²) in [5.74, 6) is 1.72. The molecular formula is C25H28N4O5. The summed E-state index contributed by atoms with van der Waals surface area (Å²) in [6.07, 6.45) is 0.698. The minimum atomic E-state index is -0.342. The standard InChI is InChI=1S/C25H28N4O5/c1-5-34-18-8-6-17(7-9-18)10-11-26-24(31)15-28-20-14-22(33-4)21(32-3)13-19(20)25-27-23(30)12-16(2)29(25)28/h6-9,12-14H,5,10-11,15H2,1-4H3,(H,26,31). The topological polar surface area (TPSA) is 96.1 Å². The number of hydrogen-bond acceptors (Lipinski definition) is 6. The summed E-state index contributed by atoms with van der Waals surface area (Å²) in [7, 11) is 3.10. The Kier molecular flexibility index (Phi) is 6.72. The van der Waals surface area contributed by atoms with E-state index in [1.165, 1.54) is 6.07 Å². The van der Waals surface area contributed by atoms with Crippen LogP contribution in [-0.4, -0.2) is 47.5 Å². The van der Waals surface area contributed by atoms with Crippen molar-refractivity contribution in [3.05, 3.63) is 64.1 Å². The first kappa shape index (κ1) is 23.2. The molecule has 9 heteroatoms. The predicted molar refractivity (Wildman–Crippen MR) is 129 cm³/mol. The molecule has 0 atom stereocenters. The van der Waals surface area contributed by atoms with Gasteiger partial charge in [-0.1, -0.05) is 12.1 Å². The van der Waals surface area contributed by atoms with Gasteiger partial charge in [-0.15, -0.1) is 0 Å². The van der Waals surface area contributed by atoms with Crippen LogP contribution in [0.4, 0.5) is 0 Å². The van der Waals surface area contributed by atoms with E-state index in [-0.39, 0.29) is 18.0 Å². The lowest BCUT2D eigenvalue weighted by molar-refractivity contribution is -0.121. The summed E-state index contributed by atoms with van der Waals surface area (Å²) in [5.41, 5.74) is 2.61. The molecule has 1 N–H and O–H groups in total. The largest absolute Gasteiger partial charge is 0.494 e. The normalized spacial score (nSPS) is 11.1. The molecule has 9 nitrogen and oxygen atoms in total. The number of fused-ring (bicyclic) bond motifs is 3. The Morgan fingerprint density at radius 3 is 2.44 bits per heavy atom. The molecule has 0 bridgehead atoms. The van der Waals surface area contributed by atoms with Gasteiger partial charge in [0.25, 0.3) is 5.56 Å². The third-order valence-corrected chi connectivity index (χ3v) is 5.61. The van der Waals surface area contributed by atoms with Gasteiger partial charge in [0.15, 0.2) is 17.1 Å². The Morgan fingerprint density at radius 2 is 1.76 bits per heavy atom. The number of benzene rings is 2. The SMILES string of the molecule is CCOc1ccc(CCNC(=O)Cn2c3cc(OC)c(OC)cc3c3nc(=O)cc(C)n32)cc1. The molecule has 4 aromatic rings. The van der Waals surface area contributed by atoms with Crippen molar-refractivity contribution in [3.63, 3.8) is 0 Å². The van der Waals surface area contributed by atoms with E-state index in [4.69, 9.17) is 14.2 Å². The van der Waals surface area contributed by atoms with Crippen LogP contribution in [0.3, 0.4) is 0 Å². The summed E-state index contributed by atoms with van der Waals surface area (Å²) in [6, 6.07) is 12.9. The highest BCUT2D eigenvalue weighted by Gasteiger charge is 2.19. The number of ether oxygens (including phenoxy) is 3. The average molecular weight is 465 g/mol. The second-order valence-corrected chi connectivity index (χ2v) is 7.83. The number of hydrogen-bond donors (Lipinski definition) is 1. The first-order valence-electron chi connectivity index (χ1n) is 11.1. The Morgan fingerprint density at radius 1 is 1.06 bits per heavy atom. The fourth-order valence-corrected chi connectivity index (χ4v) is 4.05. The zero-order chi connectivity index (χ0) is 24.2. The first-order chi connectivity index (χ1) is 16.4. The van der Waals surface area contributed by atoms with E-state index in [1.807, 2.05) is 38.1 Å². The van der Waals surface area contributed by atoms with E-state index in [0.29, 0.717) is 53.3 Å². The molecule has 0 saturated carbocycles. The van der Waals surface area contributed by atoms with E-state index in [2.05, 4.69) is 10.3 Å². The van der Waals surface area contributed by atoms with Gasteiger partial charge >= 0.3 is 0 Å². The lowest BCUT2D eigenvalue weighted by Crippen LogP contribution is -2.31. The second-order valence-electron chi connectivity index (χ2n) is 7.83. The monoisotopic (exact) mass is 464 g/mol. The average Bonchev–Trinajstić information content (AvgIpc) is 3.11. The summed E-state index contributed by atoms with van der Waals surface area (Å²) >= 11 is 0. The number of carbonyl (C=O) groups is 1. The molecule has 0 aliphatic carbocycles. The number of rotatable bonds is 9. The summed E-state index contributed by atoms with van der Waals surface area (Å²) < 4.78 is 19.9. The molecule has 0 unspecified atom stereocenters. The number of amides is 1. The smallest absolute Gasteiger partial charge is 0.273 e. The molecule has 0 aliphatic rings. The van der Waals surface area contributed by atoms with Gasteiger partial charge in [-0.3, -0.25) is 14.3 Å². The van der Waals surface area contributed by atoms with Gasteiger partial charge in [-0.2, -0.15) is 4.98 Å². The molecule has 34 heavy (non-hydrogen) atoms. The molecule has 0 spiro atoms. The molecule has 0 fully saturated rings. The highest BCUT2D eigenvalue weighted by molar-refractivity contribution is 5.96. The van der Waals surface area contributed by atoms with Crippen LogP contribution in [0.2, 0.25) is 0 Å². The van der Waals surface area contributed by atoms with Crippen molar-refractivity contribution < 1.29 is 19.0 Å². The minimum Gasteiger partial charge on any atom is -0.494 e. The van der Waals surface area contributed by atoms with Crippen molar-refractivity contribution in [2.24, 2.45) is 0 Å². The molecule has 0 radical (unpaired) electrons. The lowest BCUT2D eigenvalue weighted by Gasteiger charge is -2.12. The Balaban J connectivity index is 1.59. The molecule has 2 aromatic carbocycles. The first-order valence-corrected chi connectivity index (χ1v) is 11.1. The number of carbonyl (C=O) groups excluding carboxylic acids is 1. The van der Waals surface area contributed by atoms with Crippen LogP contribution in [0.1, 0.15) is 18.2 Å². The maximum absolute atomic E-state index is 12.9. The summed E-state index contributed by atoms with van der Waals surface area (Å²) in [5, 5.41) is 3.67. The molecular weight excluding hydrogens is 436 g/mol. The maximum Gasteiger partial charge on any atom is 0.273 e. The summed E-state index contributed by atoms with van der Waals surface area (Å²) in [4.78, 5) is 29.2. The van der Waals surface area contributed by atoms with E-state index in [1.54, 1.807) is 35.5 Å². The van der Waals surface area contributed by atoms with Crippen LogP contribution < -0.4 is 25.1 Å². The van der Waals surface area contributed by atoms with Gasteiger partial charge in [-0.05, 0) is 44.0 Å². The highest BCUT2D eigenvalue weighted by Crippen LogP contribution is 2.34. The molecule has 2 aromatic heterocycles. The van der Waals surface area contributed by atoms with E-state index in [9.17, 15) is 9.59 Å². The molecule has 0 aliphatic heterocycles. The molecule has 4 rings (SSSR count). The molecule has 1 amide bonds. The van der Waals surface area contributed by atoms with Gasteiger partial charge in [-0.25, -0.2) is 4.52 Å². The Bertz CT molecular complexity index is 1390. The maximum atomic E-state index is 12.9.